The van der Waals surface area contributed by atoms with Crippen LogP contribution in [0.3, 0.4) is 0 Å². The molecule has 3 nitrogen and oxygen atoms in total. The van der Waals surface area contributed by atoms with Crippen LogP contribution in [0.25, 0.3) is 0 Å². The maximum atomic E-state index is 5.80. The highest BCUT2D eigenvalue weighted by atomic mass is 15.0. The Bertz CT molecular complexity index is 293. The van der Waals surface area contributed by atoms with Crippen molar-refractivity contribution in [3.8, 4) is 0 Å². The van der Waals surface area contributed by atoms with E-state index in [1.807, 2.05) is 30.3 Å². The Labute approximate surface area is 84.8 Å². The van der Waals surface area contributed by atoms with Gasteiger partial charge in [-0.05, 0) is 6.42 Å². The smallest absolute Gasteiger partial charge is 0.127 e. The lowest BCUT2D eigenvalue weighted by Crippen LogP contribution is -2.23. The molecule has 0 spiro atoms. The second-order valence-corrected chi connectivity index (χ2v) is 3.24. The van der Waals surface area contributed by atoms with E-state index in [-0.39, 0.29) is 6.17 Å². The van der Waals surface area contributed by atoms with Gasteiger partial charge >= 0.3 is 0 Å². The van der Waals surface area contributed by atoms with Crippen LogP contribution in [0.2, 0.25) is 0 Å². The maximum Gasteiger partial charge on any atom is 0.127 e. The van der Waals surface area contributed by atoms with Crippen molar-refractivity contribution in [1.29, 1.82) is 0 Å². The first-order chi connectivity index (χ1) is 6.74. The highest BCUT2D eigenvalue weighted by molar-refractivity contribution is 5.97. The topological polar surface area (TPSA) is 64.4 Å². The van der Waals surface area contributed by atoms with Crippen LogP contribution in [0, 0.1) is 0 Å². The van der Waals surface area contributed by atoms with Gasteiger partial charge in [0.25, 0.3) is 0 Å². The van der Waals surface area contributed by atoms with Gasteiger partial charge in [0, 0.05) is 5.56 Å². The zero-order valence-electron chi connectivity index (χ0n) is 8.48. The average Bonchev–Trinajstić information content (AvgIpc) is 2.19. The molecule has 0 saturated heterocycles. The SMILES string of the molecule is CCCC(N)/N=C(\N)c1ccccc1. The van der Waals surface area contributed by atoms with E-state index in [2.05, 4.69) is 11.9 Å². The Kier molecular flexibility index (Phi) is 4.13. The first-order valence-corrected chi connectivity index (χ1v) is 4.88. The molecule has 1 atom stereocenters. The molecule has 0 bridgehead atoms. The van der Waals surface area contributed by atoms with Crippen molar-refractivity contribution >= 4 is 5.84 Å². The van der Waals surface area contributed by atoms with Crippen molar-refractivity contribution in [2.24, 2.45) is 16.5 Å². The van der Waals surface area contributed by atoms with Gasteiger partial charge in [0.05, 0.1) is 6.17 Å². The van der Waals surface area contributed by atoms with Gasteiger partial charge in [-0.2, -0.15) is 0 Å². The van der Waals surface area contributed by atoms with Crippen molar-refractivity contribution in [3.63, 3.8) is 0 Å². The van der Waals surface area contributed by atoms with E-state index in [0.717, 1.165) is 18.4 Å². The lowest BCUT2D eigenvalue weighted by molar-refractivity contribution is 0.629. The summed E-state index contributed by atoms with van der Waals surface area (Å²) in [7, 11) is 0. The predicted octanol–water partition coefficient (Wildman–Crippen LogP) is 1.48. The van der Waals surface area contributed by atoms with E-state index >= 15 is 0 Å². The minimum Gasteiger partial charge on any atom is -0.383 e. The summed E-state index contributed by atoms with van der Waals surface area (Å²) < 4.78 is 0. The summed E-state index contributed by atoms with van der Waals surface area (Å²) in [6.07, 6.45) is 1.71. The number of rotatable bonds is 4. The molecule has 0 fully saturated rings. The third-order valence-corrected chi connectivity index (χ3v) is 1.96. The Hall–Kier alpha value is -1.35. The zero-order valence-corrected chi connectivity index (χ0v) is 8.48. The van der Waals surface area contributed by atoms with Gasteiger partial charge in [-0.15, -0.1) is 0 Å². The Morgan fingerprint density at radius 3 is 2.57 bits per heavy atom. The third kappa shape index (κ3) is 3.18. The van der Waals surface area contributed by atoms with E-state index in [1.54, 1.807) is 0 Å². The molecule has 0 aliphatic heterocycles. The Morgan fingerprint density at radius 1 is 1.36 bits per heavy atom. The monoisotopic (exact) mass is 191 g/mol. The summed E-state index contributed by atoms with van der Waals surface area (Å²) in [6, 6.07) is 9.67. The van der Waals surface area contributed by atoms with E-state index in [9.17, 15) is 0 Å². The van der Waals surface area contributed by atoms with Gasteiger partial charge in [0.2, 0.25) is 0 Å². The molecule has 1 aromatic rings. The summed E-state index contributed by atoms with van der Waals surface area (Å²) in [5.41, 5.74) is 12.5. The minimum absolute atomic E-state index is 0.180. The summed E-state index contributed by atoms with van der Waals surface area (Å²) in [5, 5.41) is 0. The molecule has 0 aliphatic carbocycles. The number of amidine groups is 1. The molecule has 4 N–H and O–H groups in total. The van der Waals surface area contributed by atoms with E-state index in [0.29, 0.717) is 5.84 Å². The van der Waals surface area contributed by atoms with Gasteiger partial charge < -0.3 is 11.5 Å². The Balaban J connectivity index is 2.69. The van der Waals surface area contributed by atoms with Crippen LogP contribution < -0.4 is 11.5 Å². The maximum absolute atomic E-state index is 5.80. The lowest BCUT2D eigenvalue weighted by Gasteiger charge is -2.06. The summed E-state index contributed by atoms with van der Waals surface area (Å²) in [6.45, 7) is 2.08. The molecule has 0 radical (unpaired) electrons. The van der Waals surface area contributed by atoms with Crippen molar-refractivity contribution in [3.05, 3.63) is 35.9 Å². The predicted molar refractivity (Wildman–Crippen MR) is 60.0 cm³/mol. The fraction of sp³-hybridized carbons (Fsp3) is 0.364. The van der Waals surface area contributed by atoms with Gasteiger partial charge in [-0.25, -0.2) is 4.99 Å². The van der Waals surface area contributed by atoms with Crippen LogP contribution in [-0.2, 0) is 0 Å². The number of benzene rings is 1. The molecule has 0 aliphatic rings. The molecule has 1 unspecified atom stereocenters. The Morgan fingerprint density at radius 2 is 2.00 bits per heavy atom. The normalized spacial score (nSPS) is 14.0. The van der Waals surface area contributed by atoms with Crippen LogP contribution in [0.1, 0.15) is 25.3 Å². The number of hydrogen-bond donors (Lipinski definition) is 2. The van der Waals surface area contributed by atoms with Crippen molar-refractivity contribution in [1.82, 2.24) is 0 Å². The largest absolute Gasteiger partial charge is 0.383 e. The van der Waals surface area contributed by atoms with Crippen LogP contribution >= 0.6 is 0 Å². The summed E-state index contributed by atoms with van der Waals surface area (Å²) >= 11 is 0. The van der Waals surface area contributed by atoms with Crippen LogP contribution in [0.5, 0.6) is 0 Å². The first-order valence-electron chi connectivity index (χ1n) is 4.88. The first kappa shape index (κ1) is 10.7. The zero-order chi connectivity index (χ0) is 10.4. The fourth-order valence-electron chi connectivity index (χ4n) is 1.22. The van der Waals surface area contributed by atoms with Crippen LogP contribution in [-0.4, -0.2) is 12.0 Å². The van der Waals surface area contributed by atoms with Gasteiger partial charge in [-0.3, -0.25) is 0 Å². The molecule has 0 amide bonds. The molecule has 3 heteroatoms. The number of nitrogens with two attached hydrogens (primary N) is 2. The van der Waals surface area contributed by atoms with Crippen LogP contribution in [0.4, 0.5) is 0 Å². The van der Waals surface area contributed by atoms with Crippen molar-refractivity contribution in [2.45, 2.75) is 25.9 Å². The molecular formula is C11H17N3. The third-order valence-electron chi connectivity index (χ3n) is 1.96. The van der Waals surface area contributed by atoms with Crippen molar-refractivity contribution < 1.29 is 0 Å². The molecule has 0 heterocycles. The standard InChI is InChI=1S/C11H17N3/c1-2-6-10(12)14-11(13)9-7-4-3-5-8-9/h3-5,7-8,10H,2,6,12H2,1H3,(H2,13,14). The fourth-order valence-corrected chi connectivity index (χ4v) is 1.22. The summed E-state index contributed by atoms with van der Waals surface area (Å²) in [5.74, 6) is 0.520. The van der Waals surface area contributed by atoms with E-state index in [4.69, 9.17) is 11.5 Å². The quantitative estimate of drug-likeness (QED) is 0.559. The molecule has 14 heavy (non-hydrogen) atoms. The van der Waals surface area contributed by atoms with E-state index in [1.165, 1.54) is 0 Å². The molecule has 1 aromatic carbocycles. The van der Waals surface area contributed by atoms with Gasteiger partial charge in [0.1, 0.15) is 5.84 Å². The number of nitrogens with zero attached hydrogens (tertiary/aromatic N) is 1. The second kappa shape index (κ2) is 5.40. The molecule has 0 aromatic heterocycles. The molecule has 0 saturated carbocycles. The van der Waals surface area contributed by atoms with Crippen molar-refractivity contribution in [2.75, 3.05) is 0 Å². The van der Waals surface area contributed by atoms with Gasteiger partial charge in [-0.1, -0.05) is 43.7 Å². The highest BCUT2D eigenvalue weighted by Crippen LogP contribution is 2.00. The highest BCUT2D eigenvalue weighted by Gasteiger charge is 2.00. The minimum atomic E-state index is -0.180. The molecule has 1 rings (SSSR count). The summed E-state index contributed by atoms with van der Waals surface area (Å²) in [4.78, 5) is 4.21. The average molecular weight is 191 g/mol. The van der Waals surface area contributed by atoms with E-state index < -0.39 is 0 Å². The second-order valence-electron chi connectivity index (χ2n) is 3.24. The lowest BCUT2D eigenvalue weighted by atomic mass is 10.2. The number of aliphatic imine (C=N–C) groups is 1. The number of hydrogen-bond acceptors (Lipinski definition) is 2. The molecule has 76 valence electrons. The van der Waals surface area contributed by atoms with Gasteiger partial charge in [0.15, 0.2) is 0 Å². The molecular weight excluding hydrogens is 174 g/mol. The van der Waals surface area contributed by atoms with Crippen LogP contribution in [0.15, 0.2) is 35.3 Å².